The number of rotatable bonds is 6. The van der Waals surface area contributed by atoms with Crippen LogP contribution in [-0.2, 0) is 23.2 Å². The molecule has 0 spiro atoms. The van der Waals surface area contributed by atoms with Gasteiger partial charge in [-0.15, -0.1) is 23.2 Å². The van der Waals surface area contributed by atoms with E-state index >= 15 is 0 Å². The molecule has 0 atom stereocenters. The highest BCUT2D eigenvalue weighted by Crippen LogP contribution is 2.34. The summed E-state index contributed by atoms with van der Waals surface area (Å²) in [5.74, 6) is 1.58. The minimum absolute atomic E-state index is 0.109. The van der Waals surface area contributed by atoms with Crippen molar-refractivity contribution in [2.24, 2.45) is 0 Å². The average Bonchev–Trinajstić information content (AvgIpc) is 3.83. The molecule has 0 saturated heterocycles. The Balaban J connectivity index is 0.000000286. The number of Topliss-reactive ketones (excluding diaryl/α,β-unsaturated/α-hetero) is 4. The third-order valence-electron chi connectivity index (χ3n) is 11.0. The van der Waals surface area contributed by atoms with Crippen LogP contribution in [0.4, 0.5) is 0 Å². The number of benzene rings is 5. The predicted octanol–water partition coefficient (Wildman–Crippen LogP) is 16.6. The minimum atomic E-state index is -4.67. The number of fused-ring (bicyclic) bond motifs is 2. The second-order valence-corrected chi connectivity index (χ2v) is 22.0. The maximum atomic E-state index is 11.6. The lowest BCUT2D eigenvalue weighted by Crippen LogP contribution is -2.03. The second kappa shape index (κ2) is 28.6. The number of hydrogen-bond donors (Lipinski definition) is 2. The van der Waals surface area contributed by atoms with Crippen LogP contribution in [-0.4, -0.2) is 52.4 Å². The largest absolute Gasteiger partial charge is 0.394 e. The topological polar surface area (TPSA) is 143 Å². The third-order valence-corrected chi connectivity index (χ3v) is 17.6. The Hall–Kier alpha value is -2.37. The summed E-state index contributed by atoms with van der Waals surface area (Å²) in [6, 6.07) is 18.0. The van der Waals surface area contributed by atoms with Crippen LogP contribution in [0.5, 0.6) is 0 Å². The van der Waals surface area contributed by atoms with Crippen molar-refractivity contribution in [3.05, 3.63) is 166 Å². The van der Waals surface area contributed by atoms with Crippen molar-refractivity contribution in [3.8, 4) is 0 Å². The van der Waals surface area contributed by atoms with Crippen LogP contribution in [0.3, 0.4) is 0 Å². The van der Waals surface area contributed by atoms with Crippen LogP contribution in [0, 0.1) is 69.2 Å². The Morgan fingerprint density at radius 3 is 1.47 bits per heavy atom. The van der Waals surface area contributed by atoms with Crippen LogP contribution in [0.15, 0.2) is 77.0 Å². The summed E-state index contributed by atoms with van der Waals surface area (Å²) in [7, 11) is -4.67. The molecule has 0 bridgehead atoms. The third kappa shape index (κ3) is 18.3. The van der Waals surface area contributed by atoms with Gasteiger partial charge in [-0.3, -0.25) is 28.3 Å². The molecule has 368 valence electrons. The zero-order chi connectivity index (χ0) is 52.0. The monoisotopic (exact) mass is 1310 g/mol. The lowest BCUT2D eigenvalue weighted by atomic mass is 10.0. The van der Waals surface area contributed by atoms with E-state index in [1.54, 1.807) is 0 Å². The van der Waals surface area contributed by atoms with Gasteiger partial charge in [0.05, 0.1) is 0 Å². The van der Waals surface area contributed by atoms with E-state index in [9.17, 15) is 19.2 Å². The van der Waals surface area contributed by atoms with E-state index in [0.717, 1.165) is 86.4 Å². The molecule has 0 saturated carbocycles. The summed E-state index contributed by atoms with van der Waals surface area (Å²) >= 11 is 28.5. The lowest BCUT2D eigenvalue weighted by molar-refractivity contribution is 0.0980. The fraction of sp³-hybridized carbons (Fsp3) is 0.346. The molecular weight excluding hydrogens is 1260 g/mol. The number of hydrogen-bond acceptors (Lipinski definition) is 6. The molecule has 0 heterocycles. The van der Waals surface area contributed by atoms with E-state index in [4.69, 9.17) is 40.7 Å². The van der Waals surface area contributed by atoms with Gasteiger partial charge in [0, 0.05) is 82.1 Å². The molecule has 68 heavy (non-hydrogen) atoms. The Bertz CT molecular complexity index is 2740. The number of aryl methyl sites for hydroxylation is 8. The van der Waals surface area contributed by atoms with Gasteiger partial charge in [-0.1, -0.05) is 116 Å². The normalized spacial score (nSPS) is 12.0. The molecule has 2 aliphatic carbocycles. The second-order valence-electron chi connectivity index (χ2n) is 16.3. The van der Waals surface area contributed by atoms with Crippen molar-refractivity contribution in [1.29, 1.82) is 0 Å². The van der Waals surface area contributed by atoms with E-state index in [0.29, 0.717) is 49.0 Å². The fourth-order valence-electron chi connectivity index (χ4n) is 7.42. The van der Waals surface area contributed by atoms with Gasteiger partial charge in [-0.2, -0.15) is 8.42 Å². The fourth-order valence-corrected chi connectivity index (χ4v) is 9.27. The van der Waals surface area contributed by atoms with Crippen molar-refractivity contribution in [1.82, 2.24) is 0 Å². The summed E-state index contributed by atoms with van der Waals surface area (Å²) < 4.78 is 37.1. The number of halogens is 7. The Morgan fingerprint density at radius 2 is 0.956 bits per heavy atom. The summed E-state index contributed by atoms with van der Waals surface area (Å²) in [5, 5.41) is 0. The summed E-state index contributed by atoms with van der Waals surface area (Å²) in [6.45, 7) is 20.3. The first-order valence-corrected chi connectivity index (χ1v) is 27.8. The Morgan fingerprint density at radius 1 is 0.529 bits per heavy atom. The van der Waals surface area contributed by atoms with Crippen molar-refractivity contribution in [2.75, 3.05) is 11.8 Å². The van der Waals surface area contributed by atoms with E-state index in [2.05, 4.69) is 132 Å². The maximum absolute atomic E-state index is 11.6. The van der Waals surface area contributed by atoms with Crippen LogP contribution in [0.2, 0.25) is 0 Å². The molecule has 0 fully saturated rings. The van der Waals surface area contributed by atoms with Crippen LogP contribution in [0.1, 0.15) is 134 Å². The molecule has 0 radical (unpaired) electrons. The van der Waals surface area contributed by atoms with Gasteiger partial charge < -0.3 is 0 Å². The van der Waals surface area contributed by atoms with E-state index in [1.807, 2.05) is 71.9 Å². The van der Waals surface area contributed by atoms with Gasteiger partial charge in [-0.25, -0.2) is 0 Å². The lowest BCUT2D eigenvalue weighted by Gasteiger charge is -2.08. The SMILES string of the molecule is Cc1cc(C(=O)CCCl)cc(C)c1Br.Cc1cc2c(c(C)c1Br)C(=O)CC2.Cc1cc2c(c(C)c1Br)CCC2=O.Cc1ccc(C(=O)CCCl)c(C)c1Br.Cc1cccc(C)c1Br.O=S(=O)(O)O. The minimum Gasteiger partial charge on any atom is -0.294 e. The van der Waals surface area contributed by atoms with Gasteiger partial charge in [0.2, 0.25) is 0 Å². The van der Waals surface area contributed by atoms with E-state index in [1.165, 1.54) is 37.9 Å². The molecule has 5 aromatic carbocycles. The molecule has 8 nitrogen and oxygen atoms in total. The first-order valence-electron chi connectivity index (χ1n) is 21.3. The highest BCUT2D eigenvalue weighted by Gasteiger charge is 2.24. The summed E-state index contributed by atoms with van der Waals surface area (Å²) in [4.78, 5) is 46.2. The molecule has 2 aliphatic rings. The number of carbonyl (C=O) groups is 4. The smallest absolute Gasteiger partial charge is 0.294 e. The zero-order valence-corrected chi connectivity index (χ0v) is 50.0. The number of alkyl halides is 2. The van der Waals surface area contributed by atoms with Crippen LogP contribution in [0.25, 0.3) is 0 Å². The highest BCUT2D eigenvalue weighted by molar-refractivity contribution is 9.11. The van der Waals surface area contributed by atoms with Crippen molar-refractivity contribution in [3.63, 3.8) is 0 Å². The van der Waals surface area contributed by atoms with Crippen molar-refractivity contribution in [2.45, 2.75) is 108 Å². The van der Waals surface area contributed by atoms with Gasteiger partial charge >= 0.3 is 10.4 Å². The molecule has 7 rings (SSSR count). The molecule has 0 aliphatic heterocycles. The van der Waals surface area contributed by atoms with Crippen molar-refractivity contribution < 1.29 is 36.7 Å². The quantitative estimate of drug-likeness (QED) is 0.0972. The molecule has 0 unspecified atom stereocenters. The molecule has 0 aromatic heterocycles. The predicted molar refractivity (Wildman–Crippen MR) is 297 cm³/mol. The molecule has 16 heteroatoms. The van der Waals surface area contributed by atoms with E-state index in [-0.39, 0.29) is 11.6 Å². The summed E-state index contributed by atoms with van der Waals surface area (Å²) in [5.41, 5.74) is 17.5. The maximum Gasteiger partial charge on any atom is 0.394 e. The van der Waals surface area contributed by atoms with Gasteiger partial charge in [0.15, 0.2) is 23.1 Å². The molecule has 2 N–H and O–H groups in total. The highest BCUT2D eigenvalue weighted by atomic mass is 79.9. The van der Waals surface area contributed by atoms with Crippen LogP contribution < -0.4 is 0 Å². The summed E-state index contributed by atoms with van der Waals surface area (Å²) in [6.07, 6.45) is 4.01. The zero-order valence-electron chi connectivity index (χ0n) is 39.8. The Labute approximate surface area is 454 Å². The average molecular weight is 1310 g/mol. The van der Waals surface area contributed by atoms with Gasteiger partial charge in [-0.05, 0) is 167 Å². The standard InChI is InChI=1S/2C11H12BrClO.2C11H11BrO.C8H9Br.H2O4S/c1-7-5-9(10(14)3-4-13)6-8(2)11(7)12;1-7-3-4-9(8(2)11(7)12)10(14)5-6-13;1-6-5-9-8(3-4-10(9)13)7(2)11(6)12;1-6-5-8-3-4-9(13)10(8)7(2)11(6)12;1-6-4-3-5-7(2)8(6)9;1-5(2,3)4/h5-6H,3-4H2,1-2H3;3-4H,5-6H2,1-2H3;2*5H,3-4H2,1-2H3;3-5H,1-2H3;(H2,1,2,3,4). The molecule has 5 aromatic rings. The molecular formula is C52H57Br5Cl2O8S. The van der Waals surface area contributed by atoms with Crippen molar-refractivity contribution >= 4 is 136 Å². The Kier molecular flexibility index (Phi) is 26.0. The van der Waals surface area contributed by atoms with Gasteiger partial charge in [0.1, 0.15) is 0 Å². The van der Waals surface area contributed by atoms with E-state index < -0.39 is 10.4 Å². The first-order chi connectivity index (χ1) is 31.6. The molecule has 0 amide bonds. The van der Waals surface area contributed by atoms with Crippen LogP contribution >= 0.6 is 103 Å². The number of carbonyl (C=O) groups excluding carboxylic acids is 4. The number of ketones is 4. The van der Waals surface area contributed by atoms with Gasteiger partial charge in [0.25, 0.3) is 0 Å². The first kappa shape index (κ1) is 61.7.